The number of phenols is 1. The Kier molecular flexibility index (Phi) is 6.66. The van der Waals surface area contributed by atoms with Gasteiger partial charge in [0.1, 0.15) is 17.1 Å². The molecule has 1 aliphatic rings. The van der Waals surface area contributed by atoms with Crippen LogP contribution in [0.4, 0.5) is 24.5 Å². The van der Waals surface area contributed by atoms with Crippen LogP contribution in [0.3, 0.4) is 0 Å². The Labute approximate surface area is 229 Å². The number of carbonyl (C=O) groups is 3. The molecule has 1 atom stereocenters. The number of hydrogen-bond donors (Lipinski definition) is 5. The number of aromatic nitrogens is 2. The number of likely N-dealkylation sites (N-methyl/N-ethyl adjacent to an activating group) is 1. The fourth-order valence-electron chi connectivity index (χ4n) is 5.12. The van der Waals surface area contributed by atoms with Gasteiger partial charge in [-0.2, -0.15) is 13.2 Å². The molecule has 40 heavy (non-hydrogen) atoms. The molecule has 0 radical (unpaired) electrons. The Bertz CT molecular complexity index is 1690. The van der Waals surface area contributed by atoms with Gasteiger partial charge in [-0.25, -0.2) is 4.79 Å². The normalized spacial score (nSPS) is 15.3. The quantitative estimate of drug-likeness (QED) is 0.213. The lowest BCUT2D eigenvalue weighted by Crippen LogP contribution is -2.30. The van der Waals surface area contributed by atoms with Crippen LogP contribution in [0.2, 0.25) is 0 Å². The maximum Gasteiger partial charge on any atom is 0.432 e. The summed E-state index contributed by atoms with van der Waals surface area (Å²) in [7, 11) is 3.52. The number of rotatable bonds is 6. The first-order valence-electron chi connectivity index (χ1n) is 12.0. The van der Waals surface area contributed by atoms with Crippen molar-refractivity contribution in [3.8, 4) is 5.75 Å². The predicted molar refractivity (Wildman–Crippen MR) is 143 cm³/mol. The number of carboxylic acids is 1. The van der Waals surface area contributed by atoms with Crippen LogP contribution in [0.1, 0.15) is 38.0 Å². The maximum absolute atomic E-state index is 13.7. The van der Waals surface area contributed by atoms with E-state index in [0.717, 1.165) is 6.07 Å². The summed E-state index contributed by atoms with van der Waals surface area (Å²) in [6, 6.07) is 7.73. The summed E-state index contributed by atoms with van der Waals surface area (Å²) in [6.45, 7) is 0.128. The molecule has 0 unspecified atom stereocenters. The molecule has 2 amide bonds. The van der Waals surface area contributed by atoms with Crippen molar-refractivity contribution in [2.75, 3.05) is 43.3 Å². The number of amides is 2. The average Bonchev–Trinajstić information content (AvgIpc) is 3.55. The number of benzene rings is 2. The van der Waals surface area contributed by atoms with Crippen molar-refractivity contribution in [3.63, 3.8) is 0 Å². The number of nitrogens with zero attached hydrogens (tertiary/aromatic N) is 2. The number of anilines is 2. The maximum atomic E-state index is 13.7. The lowest BCUT2D eigenvalue weighted by molar-refractivity contribution is -0.141. The first-order valence-corrected chi connectivity index (χ1v) is 12.5. The van der Waals surface area contributed by atoms with Crippen LogP contribution in [0.5, 0.6) is 5.75 Å². The second-order valence-corrected chi connectivity index (χ2v) is 10.1. The van der Waals surface area contributed by atoms with Crippen molar-refractivity contribution < 1.29 is 37.8 Å². The molecule has 210 valence electrons. The largest absolute Gasteiger partial charge is 0.506 e. The van der Waals surface area contributed by atoms with E-state index in [4.69, 9.17) is 11.6 Å². The van der Waals surface area contributed by atoms with E-state index in [1.165, 1.54) is 4.90 Å². The van der Waals surface area contributed by atoms with Crippen LogP contribution in [0.15, 0.2) is 30.3 Å². The third-order valence-electron chi connectivity index (χ3n) is 6.70. The highest BCUT2D eigenvalue weighted by Crippen LogP contribution is 2.49. The van der Waals surface area contributed by atoms with Crippen molar-refractivity contribution in [1.29, 1.82) is 0 Å². The van der Waals surface area contributed by atoms with Gasteiger partial charge in [0.05, 0.1) is 23.3 Å². The molecule has 1 aliphatic heterocycles. The number of aromatic hydroxyl groups is 1. The number of halogens is 4. The van der Waals surface area contributed by atoms with E-state index in [2.05, 4.69) is 10.3 Å². The standard InChI is InChI=1S/C26H23ClF3N5O5/c1-34(2)10-18(37)31-13-3-4-14-11(5-13)6-15(32-14)24(38)35-9-12(8-27)19-16(35)7-17(36)22-20(19)21(25(39)40)23(33-22)26(28,29)30/h3-7,12,32-33,36H,8-10H2,1-2H3,(H,31,37)(H,39,40)/t12-/m1/s1. The number of aromatic carboxylic acids is 1. The third kappa shape index (κ3) is 4.60. The van der Waals surface area contributed by atoms with E-state index in [0.29, 0.717) is 16.6 Å². The third-order valence-corrected chi connectivity index (χ3v) is 7.07. The monoisotopic (exact) mass is 577 g/mol. The predicted octanol–water partition coefficient (Wildman–Crippen LogP) is 4.55. The Morgan fingerprint density at radius 3 is 2.52 bits per heavy atom. The Morgan fingerprint density at radius 1 is 1.18 bits per heavy atom. The Morgan fingerprint density at radius 2 is 1.90 bits per heavy atom. The minimum Gasteiger partial charge on any atom is -0.506 e. The molecule has 0 bridgehead atoms. The van der Waals surface area contributed by atoms with Crippen LogP contribution in [-0.2, 0) is 11.0 Å². The number of H-pyrrole nitrogens is 2. The highest BCUT2D eigenvalue weighted by Gasteiger charge is 2.43. The van der Waals surface area contributed by atoms with Crippen molar-refractivity contribution in [2.45, 2.75) is 12.1 Å². The minimum absolute atomic E-state index is 0.0526. The Balaban J connectivity index is 1.57. The van der Waals surface area contributed by atoms with E-state index in [1.807, 2.05) is 4.98 Å². The molecule has 4 aromatic rings. The van der Waals surface area contributed by atoms with Crippen molar-refractivity contribution in [3.05, 3.63) is 52.8 Å². The zero-order valence-electron chi connectivity index (χ0n) is 21.1. The van der Waals surface area contributed by atoms with E-state index in [9.17, 15) is 37.8 Å². The number of phenolic OH excluding ortho intramolecular Hbond substituents is 1. The fourth-order valence-corrected chi connectivity index (χ4v) is 5.37. The van der Waals surface area contributed by atoms with Gasteiger partial charge in [-0.1, -0.05) is 0 Å². The number of fused-ring (bicyclic) bond motifs is 4. The summed E-state index contributed by atoms with van der Waals surface area (Å²) in [5.41, 5.74) is -1.53. The molecule has 0 fully saturated rings. The molecule has 5 rings (SSSR count). The summed E-state index contributed by atoms with van der Waals surface area (Å²) < 4.78 is 41.1. The smallest absolute Gasteiger partial charge is 0.432 e. The lowest BCUT2D eigenvalue weighted by Gasteiger charge is -2.17. The van der Waals surface area contributed by atoms with Gasteiger partial charge in [0, 0.05) is 46.4 Å². The summed E-state index contributed by atoms with van der Waals surface area (Å²) in [5, 5.41) is 23.4. The number of aromatic amines is 2. The number of carboxylic acid groups (broad SMARTS) is 1. The van der Waals surface area contributed by atoms with Gasteiger partial charge in [-0.15, -0.1) is 11.6 Å². The van der Waals surface area contributed by atoms with Gasteiger partial charge in [0.2, 0.25) is 5.91 Å². The lowest BCUT2D eigenvalue weighted by atomic mass is 9.95. The van der Waals surface area contributed by atoms with Gasteiger partial charge < -0.3 is 35.3 Å². The average molecular weight is 578 g/mol. The number of carbonyl (C=O) groups excluding carboxylic acids is 2. The molecule has 2 aromatic carbocycles. The van der Waals surface area contributed by atoms with Gasteiger partial charge in [0.25, 0.3) is 5.91 Å². The summed E-state index contributed by atoms with van der Waals surface area (Å²) in [4.78, 5) is 45.7. The van der Waals surface area contributed by atoms with Crippen molar-refractivity contribution in [1.82, 2.24) is 14.9 Å². The molecule has 0 aliphatic carbocycles. The first-order chi connectivity index (χ1) is 18.8. The van der Waals surface area contributed by atoms with Crippen LogP contribution < -0.4 is 10.2 Å². The molecule has 10 nitrogen and oxygen atoms in total. The molecule has 0 saturated carbocycles. The highest BCUT2D eigenvalue weighted by molar-refractivity contribution is 6.20. The SMILES string of the molecule is CN(C)CC(=O)Nc1ccc2[nH]c(C(=O)N3C[C@@H](CCl)c4c3cc(O)c3[nH]c(C(F)(F)F)c(C(=O)O)c43)cc2c1. The van der Waals surface area contributed by atoms with E-state index < -0.39 is 46.5 Å². The van der Waals surface area contributed by atoms with Crippen molar-refractivity contribution in [2.24, 2.45) is 0 Å². The zero-order chi connectivity index (χ0) is 29.1. The second-order valence-electron chi connectivity index (χ2n) is 9.79. The molecule has 0 saturated heterocycles. The van der Waals surface area contributed by atoms with Crippen molar-refractivity contribution >= 4 is 62.6 Å². The summed E-state index contributed by atoms with van der Waals surface area (Å²) in [6.07, 6.45) is -5.04. The van der Waals surface area contributed by atoms with Gasteiger partial charge in [0.15, 0.2) is 0 Å². The van der Waals surface area contributed by atoms with E-state index in [-0.39, 0.29) is 47.2 Å². The zero-order valence-corrected chi connectivity index (χ0v) is 21.9. The number of hydrogen-bond acceptors (Lipinski definition) is 5. The fraction of sp³-hybridized carbons (Fsp3) is 0.269. The van der Waals surface area contributed by atoms with Gasteiger partial charge >= 0.3 is 12.1 Å². The van der Waals surface area contributed by atoms with Crippen LogP contribution in [0, 0.1) is 0 Å². The van der Waals surface area contributed by atoms with Crippen LogP contribution >= 0.6 is 11.6 Å². The van der Waals surface area contributed by atoms with E-state index in [1.54, 1.807) is 43.3 Å². The number of alkyl halides is 4. The van der Waals surface area contributed by atoms with Gasteiger partial charge in [-0.3, -0.25) is 9.59 Å². The molecular formula is C26H23ClF3N5O5. The highest BCUT2D eigenvalue weighted by atomic mass is 35.5. The minimum atomic E-state index is -5.04. The first kappa shape index (κ1) is 27.3. The summed E-state index contributed by atoms with van der Waals surface area (Å²) >= 11 is 6.15. The molecule has 5 N–H and O–H groups in total. The summed E-state index contributed by atoms with van der Waals surface area (Å²) in [5.74, 6) is -4.09. The molecule has 14 heteroatoms. The van der Waals surface area contributed by atoms with Crippen LogP contribution in [0.25, 0.3) is 21.8 Å². The second kappa shape index (κ2) is 9.75. The molecule has 3 heterocycles. The molecule has 2 aromatic heterocycles. The molecule has 0 spiro atoms. The van der Waals surface area contributed by atoms with E-state index >= 15 is 0 Å². The van der Waals surface area contributed by atoms with Crippen LogP contribution in [-0.4, -0.2) is 75.9 Å². The van der Waals surface area contributed by atoms with Gasteiger partial charge in [-0.05, 0) is 43.9 Å². The Hall–Kier alpha value is -4.23. The number of nitrogens with one attached hydrogen (secondary N) is 3. The topological polar surface area (TPSA) is 142 Å². The molecular weight excluding hydrogens is 555 g/mol.